The number of halogens is 4. The van der Waals surface area contributed by atoms with Crippen molar-refractivity contribution in [3.05, 3.63) is 0 Å². The van der Waals surface area contributed by atoms with Gasteiger partial charge >= 0.3 is 19.5 Å². The van der Waals surface area contributed by atoms with Gasteiger partial charge in [-0.05, 0) is 0 Å². The van der Waals surface area contributed by atoms with E-state index in [1.165, 1.54) is 0 Å². The van der Waals surface area contributed by atoms with Crippen molar-refractivity contribution in [2.75, 3.05) is 0 Å². The van der Waals surface area contributed by atoms with Crippen LogP contribution in [0.2, 0.25) is 0 Å². The molecule has 0 amide bonds. The molecule has 0 rings (SSSR count). The molecule has 0 aromatic carbocycles. The monoisotopic (exact) mass is 464 g/mol. The van der Waals surface area contributed by atoms with Crippen LogP contribution in [0.5, 0.6) is 0 Å². The SMILES string of the molecule is FI.[I-].[I-].[Zn+2]. The fourth-order valence-corrected chi connectivity index (χ4v) is 0. The topological polar surface area (TPSA) is 0 Å². The summed E-state index contributed by atoms with van der Waals surface area (Å²) >= 11 is 0.650. The molecular formula is FI3Zn. The van der Waals surface area contributed by atoms with E-state index in [1.807, 2.05) is 0 Å². The maximum atomic E-state index is 9.47. The zero-order valence-corrected chi connectivity index (χ0v) is 11.7. The van der Waals surface area contributed by atoms with E-state index in [2.05, 4.69) is 0 Å². The minimum atomic E-state index is 0. The van der Waals surface area contributed by atoms with Crippen LogP contribution < -0.4 is 48.0 Å². The van der Waals surface area contributed by atoms with Crippen LogP contribution in [0.4, 0.5) is 2.86 Å². The second-order valence-electron chi connectivity index (χ2n) is 0. The van der Waals surface area contributed by atoms with Crippen molar-refractivity contribution in [1.29, 1.82) is 0 Å². The van der Waals surface area contributed by atoms with Gasteiger partial charge in [0.25, 0.3) is 0 Å². The number of hydrogen-bond acceptors (Lipinski definition) is 0. The van der Waals surface area contributed by atoms with Gasteiger partial charge < -0.3 is 48.0 Å². The molecule has 0 aliphatic heterocycles. The molecule has 5 heteroatoms. The molecule has 0 aliphatic rings. The molecular weight excluding hydrogens is 465 g/mol. The molecule has 30 valence electrons. The Morgan fingerprint density at radius 2 is 1.00 bits per heavy atom. The van der Waals surface area contributed by atoms with Crippen molar-refractivity contribution in [3.8, 4) is 0 Å². The zero-order valence-electron chi connectivity index (χ0n) is 2.22. The van der Waals surface area contributed by atoms with Gasteiger partial charge in [-0.3, -0.25) is 0 Å². The number of rotatable bonds is 0. The molecule has 0 atom stereocenters. The van der Waals surface area contributed by atoms with E-state index < -0.39 is 0 Å². The maximum absolute atomic E-state index is 9.47. The molecule has 0 aromatic rings. The largest absolute Gasteiger partial charge is 2.00 e. The minimum Gasteiger partial charge on any atom is -1.00 e. The van der Waals surface area contributed by atoms with Gasteiger partial charge in [-0.15, -0.1) is 0 Å². The second kappa shape index (κ2) is 29.6. The molecule has 0 N–H and O–H groups in total. The van der Waals surface area contributed by atoms with E-state index in [4.69, 9.17) is 0 Å². The minimum absolute atomic E-state index is 0. The quantitative estimate of drug-likeness (QED) is 0.250. The molecule has 0 radical (unpaired) electrons. The third-order valence-corrected chi connectivity index (χ3v) is 0. The first-order chi connectivity index (χ1) is 1.00. The van der Waals surface area contributed by atoms with Crippen molar-refractivity contribution in [2.24, 2.45) is 0 Å². The average Bonchev–Trinajstić information content (AvgIpc) is 1.00. The van der Waals surface area contributed by atoms with Gasteiger partial charge in [0.05, 0.1) is 0 Å². The van der Waals surface area contributed by atoms with Gasteiger partial charge in [0.2, 0.25) is 0 Å². The Labute approximate surface area is 91.8 Å². The Balaban J connectivity index is -0.00000000167. The standard InChI is InChI=1S/FI.2HI.Zn/c1-2;;;/h;2*1H;/q;;;+2/p-2. The van der Waals surface area contributed by atoms with Gasteiger partial charge in [-0.2, -0.15) is 2.86 Å². The third-order valence-electron chi connectivity index (χ3n) is 0. The zero-order chi connectivity index (χ0) is 2.00. The van der Waals surface area contributed by atoms with E-state index in [0.29, 0.717) is 23.2 Å². The molecule has 0 nitrogen and oxygen atoms in total. The predicted molar refractivity (Wildman–Crippen MR) is 15.1 cm³/mol. The summed E-state index contributed by atoms with van der Waals surface area (Å²) in [5.41, 5.74) is 0. The van der Waals surface area contributed by atoms with Crippen molar-refractivity contribution >= 4 is 23.2 Å². The van der Waals surface area contributed by atoms with Crippen LogP contribution in [0.1, 0.15) is 0 Å². The van der Waals surface area contributed by atoms with Crippen LogP contribution in [0.25, 0.3) is 0 Å². The Bertz CT molecular complexity index is 6.85. The normalized spacial score (nSPS) is 1.20. The molecule has 5 heavy (non-hydrogen) atoms. The van der Waals surface area contributed by atoms with Crippen molar-refractivity contribution in [3.63, 3.8) is 0 Å². The molecule has 0 spiro atoms. The van der Waals surface area contributed by atoms with Gasteiger partial charge in [-0.25, -0.2) is 0 Å². The molecule has 0 unspecified atom stereocenters. The molecule has 0 saturated heterocycles. The maximum Gasteiger partial charge on any atom is 2.00 e. The average molecular weight is 465 g/mol. The Hall–Kier alpha value is 2.74. The summed E-state index contributed by atoms with van der Waals surface area (Å²) in [7, 11) is 0. The molecule has 0 bridgehead atoms. The van der Waals surface area contributed by atoms with Crippen LogP contribution in [0, 0.1) is 0 Å². The van der Waals surface area contributed by atoms with Crippen LogP contribution in [-0.4, -0.2) is 0 Å². The predicted octanol–water partition coefficient (Wildman–Crippen LogP) is -4.69. The summed E-state index contributed by atoms with van der Waals surface area (Å²) in [5.74, 6) is 0. The van der Waals surface area contributed by atoms with Gasteiger partial charge in [0.1, 0.15) is 0 Å². The Kier molecular flexibility index (Phi) is 149. The van der Waals surface area contributed by atoms with Crippen molar-refractivity contribution in [1.82, 2.24) is 0 Å². The van der Waals surface area contributed by atoms with Crippen LogP contribution in [0.15, 0.2) is 0 Å². The van der Waals surface area contributed by atoms with Crippen molar-refractivity contribution in [2.45, 2.75) is 0 Å². The first kappa shape index (κ1) is 25.1. The van der Waals surface area contributed by atoms with E-state index >= 15 is 0 Å². The third kappa shape index (κ3) is 20.2. The van der Waals surface area contributed by atoms with Gasteiger partial charge in [0, 0.05) is 0 Å². The smallest absolute Gasteiger partial charge is 1.00 e. The van der Waals surface area contributed by atoms with Crippen molar-refractivity contribution < 1.29 is 70.3 Å². The van der Waals surface area contributed by atoms with Gasteiger partial charge in [0.15, 0.2) is 23.2 Å². The number of hydrogen-bond donors (Lipinski definition) is 0. The fourth-order valence-electron chi connectivity index (χ4n) is 0. The fraction of sp³-hybridized carbons (Fsp3) is 0. The Morgan fingerprint density at radius 1 is 1.00 bits per heavy atom. The molecule has 0 aliphatic carbocycles. The van der Waals surface area contributed by atoms with Gasteiger partial charge in [-0.1, -0.05) is 0 Å². The summed E-state index contributed by atoms with van der Waals surface area (Å²) < 4.78 is 9.47. The summed E-state index contributed by atoms with van der Waals surface area (Å²) in [4.78, 5) is 0. The van der Waals surface area contributed by atoms with Crippen LogP contribution >= 0.6 is 23.2 Å². The van der Waals surface area contributed by atoms with Crippen LogP contribution in [0.3, 0.4) is 0 Å². The summed E-state index contributed by atoms with van der Waals surface area (Å²) in [6.45, 7) is 0. The first-order valence-electron chi connectivity index (χ1n) is 0.143. The molecule has 0 heterocycles. The molecule has 0 aromatic heterocycles. The summed E-state index contributed by atoms with van der Waals surface area (Å²) in [5, 5.41) is 0. The first-order valence-corrected chi connectivity index (χ1v) is 0.958. The van der Waals surface area contributed by atoms with Crippen LogP contribution in [-0.2, 0) is 19.5 Å². The second-order valence-corrected chi connectivity index (χ2v) is 0. The summed E-state index contributed by atoms with van der Waals surface area (Å²) in [6, 6.07) is 0. The van der Waals surface area contributed by atoms with E-state index in [-0.39, 0.29) is 67.4 Å². The van der Waals surface area contributed by atoms with E-state index in [9.17, 15) is 2.86 Å². The summed E-state index contributed by atoms with van der Waals surface area (Å²) in [6.07, 6.45) is 0. The Morgan fingerprint density at radius 3 is 1.00 bits per heavy atom. The molecule has 0 fully saturated rings. The molecule has 0 saturated carbocycles. The van der Waals surface area contributed by atoms with E-state index in [1.54, 1.807) is 0 Å². The van der Waals surface area contributed by atoms with E-state index in [0.717, 1.165) is 0 Å².